The summed E-state index contributed by atoms with van der Waals surface area (Å²) in [5, 5.41) is 13.2. The van der Waals surface area contributed by atoms with E-state index in [1.54, 1.807) is 0 Å². The third kappa shape index (κ3) is 4.94. The highest BCUT2D eigenvalue weighted by Crippen LogP contribution is 2.40. The Morgan fingerprint density at radius 1 is 1.37 bits per heavy atom. The van der Waals surface area contributed by atoms with Gasteiger partial charge in [0.05, 0.1) is 12.7 Å². The number of ether oxygens (including phenoxy) is 1. The van der Waals surface area contributed by atoms with Crippen molar-refractivity contribution in [2.45, 2.75) is 44.2 Å². The van der Waals surface area contributed by atoms with Crippen LogP contribution < -0.4 is 5.32 Å². The van der Waals surface area contributed by atoms with E-state index in [1.165, 1.54) is 12.0 Å². The van der Waals surface area contributed by atoms with Gasteiger partial charge in [-0.2, -0.15) is 0 Å². The normalized spacial score (nSPS) is 23.3. The summed E-state index contributed by atoms with van der Waals surface area (Å²) < 4.78 is 5.41. The Morgan fingerprint density at radius 2 is 2.16 bits per heavy atom. The molecule has 1 saturated carbocycles. The molecule has 1 aliphatic carbocycles. The van der Waals surface area contributed by atoms with Crippen LogP contribution in [-0.4, -0.2) is 37.0 Å². The van der Waals surface area contributed by atoms with Crippen LogP contribution in [0.2, 0.25) is 0 Å². The van der Waals surface area contributed by atoms with Crippen molar-refractivity contribution in [1.82, 2.24) is 5.32 Å². The van der Waals surface area contributed by atoms with Gasteiger partial charge in [-0.15, -0.1) is 0 Å². The van der Waals surface area contributed by atoms with Gasteiger partial charge >= 0.3 is 0 Å². The van der Waals surface area contributed by atoms with Gasteiger partial charge in [-0.1, -0.05) is 43.7 Å². The molecule has 3 unspecified atom stereocenters. The van der Waals surface area contributed by atoms with Crippen LogP contribution in [0.15, 0.2) is 30.3 Å². The first-order chi connectivity index (χ1) is 9.31. The highest BCUT2D eigenvalue weighted by molar-refractivity contribution is 5.27. The fourth-order valence-corrected chi connectivity index (χ4v) is 2.30. The molecule has 3 nitrogen and oxygen atoms in total. The van der Waals surface area contributed by atoms with Gasteiger partial charge in [0.2, 0.25) is 0 Å². The lowest BCUT2D eigenvalue weighted by atomic mass is 10.1. The number of rotatable bonds is 9. The van der Waals surface area contributed by atoms with Crippen molar-refractivity contribution in [1.29, 1.82) is 0 Å². The van der Waals surface area contributed by atoms with E-state index >= 15 is 0 Å². The Morgan fingerprint density at radius 3 is 2.89 bits per heavy atom. The molecule has 3 atom stereocenters. The summed E-state index contributed by atoms with van der Waals surface area (Å²) in [6.45, 7) is 3.96. The minimum atomic E-state index is -0.395. The zero-order valence-electron chi connectivity index (χ0n) is 11.7. The largest absolute Gasteiger partial charge is 0.389 e. The third-order valence-electron chi connectivity index (χ3n) is 3.59. The molecule has 3 heteroatoms. The number of hydrogen-bond donors (Lipinski definition) is 2. The minimum absolute atomic E-state index is 0.395. The van der Waals surface area contributed by atoms with E-state index in [1.807, 2.05) is 6.07 Å². The lowest BCUT2D eigenvalue weighted by molar-refractivity contribution is 0.0357. The molecule has 1 fully saturated rings. The molecule has 0 bridgehead atoms. The number of aliphatic hydroxyl groups is 1. The summed E-state index contributed by atoms with van der Waals surface area (Å²) in [5.41, 5.74) is 1.40. The third-order valence-corrected chi connectivity index (χ3v) is 3.59. The number of benzene rings is 1. The minimum Gasteiger partial charge on any atom is -0.389 e. The van der Waals surface area contributed by atoms with E-state index in [2.05, 4.69) is 36.5 Å². The standard InChI is InChI=1S/C16H25NO2/c1-2-3-9-19-12-14(18)11-17-16-10-15(16)13-7-5-4-6-8-13/h4-8,14-18H,2-3,9-12H2,1H3. The first kappa shape index (κ1) is 14.5. The maximum Gasteiger partial charge on any atom is 0.0897 e. The lowest BCUT2D eigenvalue weighted by Crippen LogP contribution is -2.32. The fraction of sp³-hybridized carbons (Fsp3) is 0.625. The van der Waals surface area contributed by atoms with Crippen molar-refractivity contribution >= 4 is 0 Å². The van der Waals surface area contributed by atoms with Crippen LogP contribution in [0, 0.1) is 0 Å². The van der Waals surface area contributed by atoms with Gasteiger partial charge in [0.15, 0.2) is 0 Å². The average molecular weight is 263 g/mol. The predicted molar refractivity (Wildman–Crippen MR) is 77.3 cm³/mol. The topological polar surface area (TPSA) is 41.5 Å². The molecule has 0 amide bonds. The molecule has 0 aromatic heterocycles. The number of aliphatic hydroxyl groups excluding tert-OH is 1. The van der Waals surface area contributed by atoms with Gasteiger partial charge in [0.25, 0.3) is 0 Å². The van der Waals surface area contributed by atoms with Crippen LogP contribution in [0.25, 0.3) is 0 Å². The smallest absolute Gasteiger partial charge is 0.0897 e. The number of hydrogen-bond acceptors (Lipinski definition) is 3. The van der Waals surface area contributed by atoms with E-state index in [9.17, 15) is 5.11 Å². The molecule has 106 valence electrons. The zero-order chi connectivity index (χ0) is 13.5. The fourth-order valence-electron chi connectivity index (χ4n) is 2.30. The molecule has 0 radical (unpaired) electrons. The Labute approximate surface area is 116 Å². The summed E-state index contributed by atoms with van der Waals surface area (Å²) in [4.78, 5) is 0. The molecule has 19 heavy (non-hydrogen) atoms. The van der Waals surface area contributed by atoms with E-state index in [0.29, 0.717) is 25.1 Å². The quantitative estimate of drug-likeness (QED) is 0.672. The first-order valence-electron chi connectivity index (χ1n) is 7.35. The second-order valence-corrected chi connectivity index (χ2v) is 5.35. The maximum absolute atomic E-state index is 9.79. The highest BCUT2D eigenvalue weighted by atomic mass is 16.5. The second kappa shape index (κ2) is 7.63. The van der Waals surface area contributed by atoms with Gasteiger partial charge in [-0.3, -0.25) is 0 Å². The summed E-state index contributed by atoms with van der Waals surface area (Å²) >= 11 is 0. The highest BCUT2D eigenvalue weighted by Gasteiger charge is 2.37. The monoisotopic (exact) mass is 263 g/mol. The average Bonchev–Trinajstić information content (AvgIpc) is 3.22. The van der Waals surface area contributed by atoms with Crippen LogP contribution in [0.1, 0.15) is 37.7 Å². The Kier molecular flexibility index (Phi) is 5.83. The maximum atomic E-state index is 9.79. The van der Waals surface area contributed by atoms with Gasteiger partial charge in [-0.05, 0) is 18.4 Å². The van der Waals surface area contributed by atoms with Crippen LogP contribution >= 0.6 is 0 Å². The van der Waals surface area contributed by atoms with Gasteiger partial charge in [0, 0.05) is 25.1 Å². The van der Waals surface area contributed by atoms with E-state index in [4.69, 9.17) is 4.74 Å². The zero-order valence-corrected chi connectivity index (χ0v) is 11.7. The number of nitrogens with one attached hydrogen (secondary N) is 1. The summed E-state index contributed by atoms with van der Waals surface area (Å²) in [5.74, 6) is 0.620. The van der Waals surface area contributed by atoms with Gasteiger partial charge in [-0.25, -0.2) is 0 Å². The van der Waals surface area contributed by atoms with Crippen molar-refractivity contribution in [2.75, 3.05) is 19.8 Å². The van der Waals surface area contributed by atoms with E-state index < -0.39 is 6.10 Å². The van der Waals surface area contributed by atoms with Crippen LogP contribution in [0.4, 0.5) is 0 Å². The van der Waals surface area contributed by atoms with Gasteiger partial charge < -0.3 is 15.2 Å². The molecule has 1 aromatic rings. The van der Waals surface area contributed by atoms with E-state index in [0.717, 1.165) is 19.4 Å². The molecular weight excluding hydrogens is 238 g/mol. The SMILES string of the molecule is CCCCOCC(O)CNC1CC1c1ccccc1. The van der Waals surface area contributed by atoms with Crippen LogP contribution in [0.3, 0.4) is 0 Å². The molecule has 2 N–H and O–H groups in total. The Hall–Kier alpha value is -0.900. The summed E-state index contributed by atoms with van der Waals surface area (Å²) in [6.07, 6.45) is 2.98. The van der Waals surface area contributed by atoms with E-state index in [-0.39, 0.29) is 0 Å². The van der Waals surface area contributed by atoms with Crippen molar-refractivity contribution in [3.8, 4) is 0 Å². The van der Waals surface area contributed by atoms with Crippen molar-refractivity contribution in [3.05, 3.63) is 35.9 Å². The van der Waals surface area contributed by atoms with Crippen molar-refractivity contribution in [2.24, 2.45) is 0 Å². The predicted octanol–water partition coefficient (Wildman–Crippen LogP) is 2.31. The molecule has 0 saturated heterocycles. The number of unbranched alkanes of at least 4 members (excludes halogenated alkanes) is 1. The van der Waals surface area contributed by atoms with Crippen LogP contribution in [-0.2, 0) is 4.74 Å². The molecule has 1 aliphatic rings. The second-order valence-electron chi connectivity index (χ2n) is 5.35. The van der Waals surface area contributed by atoms with Gasteiger partial charge in [0.1, 0.15) is 0 Å². The molecule has 2 rings (SSSR count). The Balaban J connectivity index is 1.57. The Bertz CT molecular complexity index is 355. The molecule has 0 aliphatic heterocycles. The lowest BCUT2D eigenvalue weighted by Gasteiger charge is -2.12. The molecule has 0 heterocycles. The molecule has 0 spiro atoms. The van der Waals surface area contributed by atoms with Crippen molar-refractivity contribution < 1.29 is 9.84 Å². The first-order valence-corrected chi connectivity index (χ1v) is 7.35. The summed E-state index contributed by atoms with van der Waals surface area (Å²) in [6, 6.07) is 11.1. The van der Waals surface area contributed by atoms with Crippen LogP contribution in [0.5, 0.6) is 0 Å². The molecule has 1 aromatic carbocycles. The molecular formula is C16H25NO2. The summed E-state index contributed by atoms with van der Waals surface area (Å²) in [7, 11) is 0. The van der Waals surface area contributed by atoms with Crippen molar-refractivity contribution in [3.63, 3.8) is 0 Å².